The van der Waals surface area contributed by atoms with Crippen molar-refractivity contribution in [1.29, 1.82) is 0 Å². The van der Waals surface area contributed by atoms with Crippen LogP contribution < -0.4 is 5.32 Å². The Labute approximate surface area is 126 Å². The highest BCUT2D eigenvalue weighted by atomic mass is 16.5. The molecule has 2 aromatic heterocycles. The van der Waals surface area contributed by atoms with Crippen LogP contribution in [-0.2, 0) is 21.0 Å². The molecular weight excluding hydrogens is 292 g/mol. The monoisotopic (exact) mass is 310 g/mol. The van der Waals surface area contributed by atoms with E-state index in [1.54, 1.807) is 0 Å². The van der Waals surface area contributed by atoms with Gasteiger partial charge in [-0.25, -0.2) is 4.68 Å². The van der Waals surface area contributed by atoms with Crippen molar-refractivity contribution in [2.75, 3.05) is 18.5 Å². The van der Waals surface area contributed by atoms with Gasteiger partial charge >= 0.3 is 0 Å². The number of hydrogen-bond acceptors (Lipinski definition) is 8. The number of anilines is 1. The lowest BCUT2D eigenvalue weighted by atomic mass is 10.5. The second kappa shape index (κ2) is 7.09. The Morgan fingerprint density at radius 3 is 2.82 bits per heavy atom. The van der Waals surface area contributed by atoms with Crippen LogP contribution in [-0.4, -0.2) is 55.3 Å². The van der Waals surface area contributed by atoms with Crippen LogP contribution in [0.5, 0.6) is 5.88 Å². The van der Waals surface area contributed by atoms with Crippen LogP contribution in [0, 0.1) is 0 Å². The van der Waals surface area contributed by atoms with Gasteiger partial charge in [-0.1, -0.05) is 5.21 Å². The van der Waals surface area contributed by atoms with Crippen LogP contribution >= 0.6 is 0 Å². The molecule has 1 amide bonds. The fraction of sp³-hybridized carbons (Fsp3) is 0.583. The molecule has 0 bridgehead atoms. The topological polar surface area (TPSA) is 124 Å². The van der Waals surface area contributed by atoms with Crippen molar-refractivity contribution in [3.63, 3.8) is 0 Å². The maximum absolute atomic E-state index is 11.0. The summed E-state index contributed by atoms with van der Waals surface area (Å²) < 4.78 is 12.1. The van der Waals surface area contributed by atoms with Gasteiger partial charge in [0.05, 0.1) is 19.3 Å². The molecule has 0 spiro atoms. The zero-order valence-corrected chi connectivity index (χ0v) is 12.6. The lowest BCUT2D eigenvalue weighted by Crippen LogP contribution is -2.13. The molecule has 0 aromatic carbocycles. The Morgan fingerprint density at radius 2 is 2.14 bits per heavy atom. The van der Waals surface area contributed by atoms with E-state index in [4.69, 9.17) is 9.47 Å². The molecular formula is C12H18N6O4. The van der Waals surface area contributed by atoms with Crippen LogP contribution in [0.15, 0.2) is 0 Å². The molecule has 2 N–H and O–H groups in total. The average Bonchev–Trinajstić information content (AvgIpc) is 2.81. The third-order valence-corrected chi connectivity index (χ3v) is 2.52. The lowest BCUT2D eigenvalue weighted by Gasteiger charge is -2.08. The molecule has 2 aromatic rings. The number of aromatic hydroxyl groups is 1. The van der Waals surface area contributed by atoms with E-state index in [0.29, 0.717) is 13.2 Å². The molecule has 120 valence electrons. The first-order valence-electron chi connectivity index (χ1n) is 6.74. The summed E-state index contributed by atoms with van der Waals surface area (Å²) in [6.45, 7) is 6.13. The van der Waals surface area contributed by atoms with Crippen molar-refractivity contribution in [1.82, 2.24) is 25.0 Å². The van der Waals surface area contributed by atoms with Gasteiger partial charge in [0, 0.05) is 6.92 Å². The van der Waals surface area contributed by atoms with Gasteiger partial charge in [-0.2, -0.15) is 9.97 Å². The maximum atomic E-state index is 11.0. The van der Waals surface area contributed by atoms with Crippen molar-refractivity contribution in [2.45, 2.75) is 33.6 Å². The lowest BCUT2D eigenvalue weighted by molar-refractivity contribution is -0.114. The fourth-order valence-electron chi connectivity index (χ4n) is 1.64. The molecule has 2 rings (SSSR count). The molecule has 0 atom stereocenters. The number of fused-ring (bicyclic) bond motifs is 1. The minimum absolute atomic E-state index is 0.0239. The van der Waals surface area contributed by atoms with Gasteiger partial charge in [-0.3, -0.25) is 10.1 Å². The molecule has 0 fully saturated rings. The SMILES string of the molecule is CC(=O)Nc1nc(O)c2nnn(COCCOC(C)C)c2n1. The highest BCUT2D eigenvalue weighted by Crippen LogP contribution is 2.20. The second-order valence-electron chi connectivity index (χ2n) is 4.77. The van der Waals surface area contributed by atoms with E-state index in [1.807, 2.05) is 13.8 Å². The van der Waals surface area contributed by atoms with Crippen molar-refractivity contribution in [3.05, 3.63) is 0 Å². The van der Waals surface area contributed by atoms with Crippen LogP contribution in [0.3, 0.4) is 0 Å². The molecule has 0 aliphatic carbocycles. The van der Waals surface area contributed by atoms with Crippen LogP contribution in [0.4, 0.5) is 5.95 Å². The number of hydrogen-bond donors (Lipinski definition) is 2. The standard InChI is InChI=1S/C12H18N6O4/c1-7(2)22-5-4-21-6-18-10-9(16-17-18)11(20)15-12(14-10)13-8(3)19/h7H,4-6H2,1-3H3,(H2,13,14,15,19,20). The average molecular weight is 310 g/mol. The Morgan fingerprint density at radius 1 is 1.36 bits per heavy atom. The quantitative estimate of drug-likeness (QED) is 0.699. The number of ether oxygens (including phenoxy) is 2. The van der Waals surface area contributed by atoms with E-state index in [2.05, 4.69) is 25.6 Å². The van der Waals surface area contributed by atoms with Gasteiger partial charge in [-0.05, 0) is 13.8 Å². The summed E-state index contributed by atoms with van der Waals surface area (Å²) in [6, 6.07) is 0. The molecule has 10 nitrogen and oxygen atoms in total. The van der Waals surface area contributed by atoms with Crippen LogP contribution in [0.25, 0.3) is 11.2 Å². The first kappa shape index (κ1) is 16.0. The first-order chi connectivity index (χ1) is 10.5. The number of carbonyl (C=O) groups is 1. The van der Waals surface area contributed by atoms with Crippen molar-refractivity contribution in [2.24, 2.45) is 0 Å². The number of amides is 1. The maximum Gasteiger partial charge on any atom is 0.246 e. The fourth-order valence-corrected chi connectivity index (χ4v) is 1.64. The number of nitrogens with zero attached hydrogens (tertiary/aromatic N) is 5. The summed E-state index contributed by atoms with van der Waals surface area (Å²) >= 11 is 0. The van der Waals surface area contributed by atoms with E-state index >= 15 is 0 Å². The van der Waals surface area contributed by atoms with Gasteiger partial charge in [0.25, 0.3) is 0 Å². The van der Waals surface area contributed by atoms with Gasteiger partial charge in [0.2, 0.25) is 17.7 Å². The number of aromatic nitrogens is 5. The number of carbonyl (C=O) groups excluding carboxylic acids is 1. The molecule has 0 unspecified atom stereocenters. The van der Waals surface area contributed by atoms with Gasteiger partial charge < -0.3 is 14.6 Å². The van der Waals surface area contributed by atoms with E-state index in [1.165, 1.54) is 11.6 Å². The zero-order valence-electron chi connectivity index (χ0n) is 12.6. The summed E-state index contributed by atoms with van der Waals surface area (Å²) in [5.74, 6) is -0.729. The third-order valence-electron chi connectivity index (χ3n) is 2.52. The van der Waals surface area contributed by atoms with E-state index in [0.717, 1.165) is 0 Å². The Kier molecular flexibility index (Phi) is 5.17. The summed E-state index contributed by atoms with van der Waals surface area (Å²) in [5.41, 5.74) is 0.400. The van der Waals surface area contributed by atoms with Crippen molar-refractivity contribution >= 4 is 23.0 Å². The normalized spacial score (nSPS) is 11.3. The molecule has 0 aliphatic rings. The van der Waals surface area contributed by atoms with Gasteiger partial charge in [0.1, 0.15) is 6.73 Å². The number of nitrogens with one attached hydrogen (secondary N) is 1. The zero-order chi connectivity index (χ0) is 16.1. The molecule has 22 heavy (non-hydrogen) atoms. The largest absolute Gasteiger partial charge is 0.492 e. The summed E-state index contributed by atoms with van der Waals surface area (Å²) in [5, 5.41) is 19.8. The Hall–Kier alpha value is -2.33. The molecule has 2 heterocycles. The third kappa shape index (κ3) is 4.09. The molecule has 0 saturated heterocycles. The highest BCUT2D eigenvalue weighted by molar-refractivity contribution is 5.88. The molecule has 0 saturated carbocycles. The number of rotatable bonds is 7. The minimum atomic E-state index is -0.358. The van der Waals surface area contributed by atoms with Crippen molar-refractivity contribution in [3.8, 4) is 5.88 Å². The Bertz CT molecular complexity index is 656. The van der Waals surface area contributed by atoms with Crippen LogP contribution in [0.2, 0.25) is 0 Å². The van der Waals surface area contributed by atoms with E-state index in [-0.39, 0.29) is 41.7 Å². The van der Waals surface area contributed by atoms with Crippen molar-refractivity contribution < 1.29 is 19.4 Å². The molecule has 10 heteroatoms. The predicted molar refractivity (Wildman–Crippen MR) is 76.1 cm³/mol. The van der Waals surface area contributed by atoms with E-state index in [9.17, 15) is 9.90 Å². The summed E-state index contributed by atoms with van der Waals surface area (Å²) in [4.78, 5) is 18.8. The summed E-state index contributed by atoms with van der Waals surface area (Å²) in [7, 11) is 0. The second-order valence-corrected chi connectivity index (χ2v) is 4.77. The van der Waals surface area contributed by atoms with Gasteiger partial charge in [0.15, 0.2) is 11.2 Å². The predicted octanol–water partition coefficient (Wildman–Crippen LogP) is 0.284. The first-order valence-corrected chi connectivity index (χ1v) is 6.74. The minimum Gasteiger partial charge on any atom is -0.492 e. The Balaban J connectivity index is 2.06. The highest BCUT2D eigenvalue weighted by Gasteiger charge is 2.14. The summed E-state index contributed by atoms with van der Waals surface area (Å²) in [6.07, 6.45) is 0.140. The van der Waals surface area contributed by atoms with E-state index < -0.39 is 0 Å². The van der Waals surface area contributed by atoms with Gasteiger partial charge in [-0.15, -0.1) is 5.10 Å². The molecule has 0 radical (unpaired) electrons. The van der Waals surface area contributed by atoms with Crippen LogP contribution in [0.1, 0.15) is 20.8 Å². The molecule has 0 aliphatic heterocycles. The smallest absolute Gasteiger partial charge is 0.246 e.